The van der Waals surface area contributed by atoms with Crippen LogP contribution >= 0.6 is 11.6 Å². The summed E-state index contributed by atoms with van der Waals surface area (Å²) in [6.45, 7) is 0. The average molecular weight is 473 g/mol. The molecule has 2 aliphatic rings. The third-order valence-corrected chi connectivity index (χ3v) is 6.44. The van der Waals surface area contributed by atoms with Gasteiger partial charge in [0.25, 0.3) is 0 Å². The van der Waals surface area contributed by atoms with Gasteiger partial charge < -0.3 is 19.5 Å². The third kappa shape index (κ3) is 3.20. The number of rotatable bonds is 4. The zero-order chi connectivity index (χ0) is 23.2. The highest BCUT2D eigenvalue weighted by Crippen LogP contribution is 2.52. The van der Waals surface area contributed by atoms with Crippen LogP contribution in [0.15, 0.2) is 78.6 Å². The Hall–Kier alpha value is -3.97. The molecule has 7 nitrogen and oxygen atoms in total. The van der Waals surface area contributed by atoms with Crippen molar-refractivity contribution in [3.8, 4) is 17.2 Å². The molecule has 0 spiro atoms. The molecule has 4 aromatic rings. The molecule has 6 rings (SSSR count). The second-order valence-electron chi connectivity index (χ2n) is 8.04. The van der Waals surface area contributed by atoms with E-state index in [2.05, 4.69) is 15.4 Å². The molecular weight excluding hydrogens is 452 g/mol. The molecule has 1 N–H and O–H groups in total. The number of aromatic nitrogens is 3. The number of nitrogens with one attached hydrogen (secondary N) is 1. The number of hydrogen-bond donors (Lipinski definition) is 1. The van der Waals surface area contributed by atoms with E-state index in [9.17, 15) is 0 Å². The van der Waals surface area contributed by atoms with Gasteiger partial charge in [-0.15, -0.1) is 0 Å². The highest BCUT2D eigenvalue weighted by molar-refractivity contribution is 6.30. The highest BCUT2D eigenvalue weighted by Gasteiger charge is 2.41. The Morgan fingerprint density at radius 3 is 2.71 bits per heavy atom. The molecule has 0 saturated carbocycles. The van der Waals surface area contributed by atoms with Gasteiger partial charge in [0.2, 0.25) is 5.95 Å². The normalized spacial score (nSPS) is 18.2. The molecule has 2 atom stereocenters. The summed E-state index contributed by atoms with van der Waals surface area (Å²) >= 11 is 6.41. The van der Waals surface area contributed by atoms with Gasteiger partial charge in [0, 0.05) is 27.8 Å². The summed E-state index contributed by atoms with van der Waals surface area (Å²) < 4.78 is 19.7. The Bertz CT molecular complexity index is 1430. The standard InChI is InChI=1S/C26H21ClN4O3/c1-32-17-10-11-19(21(13-17)33-2)25-22-23(18-8-3-4-9-20(18)34-25)30-26-28-14-29-31(26)24(22)15-6-5-7-16(27)12-15/h3-14,24-25H,1-2H3,(H,28,29,30)/t24-,25-/m0/s1. The number of ether oxygens (including phenoxy) is 3. The lowest BCUT2D eigenvalue weighted by Crippen LogP contribution is -2.32. The summed E-state index contributed by atoms with van der Waals surface area (Å²) in [7, 11) is 3.28. The van der Waals surface area contributed by atoms with Crippen LogP contribution < -0.4 is 19.5 Å². The minimum Gasteiger partial charge on any atom is -0.497 e. The molecule has 0 amide bonds. The maximum absolute atomic E-state index is 6.66. The van der Waals surface area contributed by atoms with E-state index in [-0.39, 0.29) is 6.04 Å². The second-order valence-corrected chi connectivity index (χ2v) is 8.48. The van der Waals surface area contributed by atoms with E-state index >= 15 is 0 Å². The van der Waals surface area contributed by atoms with Crippen LogP contribution in [0, 0.1) is 0 Å². The van der Waals surface area contributed by atoms with Gasteiger partial charge in [0.1, 0.15) is 29.6 Å². The average Bonchev–Trinajstić information content (AvgIpc) is 3.35. The molecule has 170 valence electrons. The lowest BCUT2D eigenvalue weighted by atomic mass is 9.84. The lowest BCUT2D eigenvalue weighted by molar-refractivity contribution is 0.217. The van der Waals surface area contributed by atoms with Crippen LogP contribution in [0.5, 0.6) is 17.2 Å². The summed E-state index contributed by atoms with van der Waals surface area (Å²) in [4.78, 5) is 4.46. The molecule has 34 heavy (non-hydrogen) atoms. The summed E-state index contributed by atoms with van der Waals surface area (Å²) in [5.41, 5.74) is 4.75. The minimum atomic E-state index is -0.459. The first-order chi connectivity index (χ1) is 16.7. The molecule has 0 aliphatic carbocycles. The van der Waals surface area contributed by atoms with Crippen LogP contribution in [-0.2, 0) is 0 Å². The first-order valence-electron chi connectivity index (χ1n) is 10.8. The summed E-state index contributed by atoms with van der Waals surface area (Å²) in [6, 6.07) is 21.2. The fourth-order valence-electron chi connectivity index (χ4n) is 4.71. The van der Waals surface area contributed by atoms with Crippen LogP contribution in [-0.4, -0.2) is 29.0 Å². The van der Waals surface area contributed by atoms with Crippen molar-refractivity contribution >= 4 is 23.2 Å². The zero-order valence-corrected chi connectivity index (χ0v) is 19.3. The molecule has 3 heterocycles. The van der Waals surface area contributed by atoms with E-state index in [0.717, 1.165) is 33.7 Å². The molecule has 0 fully saturated rings. The third-order valence-electron chi connectivity index (χ3n) is 6.21. The van der Waals surface area contributed by atoms with Crippen molar-refractivity contribution < 1.29 is 14.2 Å². The number of methoxy groups -OCH3 is 2. The Balaban J connectivity index is 1.63. The van der Waals surface area contributed by atoms with Crippen molar-refractivity contribution in [2.45, 2.75) is 12.1 Å². The largest absolute Gasteiger partial charge is 0.497 e. The van der Waals surface area contributed by atoms with Crippen LogP contribution in [0.1, 0.15) is 28.8 Å². The van der Waals surface area contributed by atoms with Gasteiger partial charge in [0.05, 0.1) is 19.9 Å². The highest BCUT2D eigenvalue weighted by atomic mass is 35.5. The van der Waals surface area contributed by atoms with Crippen LogP contribution in [0.25, 0.3) is 5.70 Å². The number of anilines is 1. The number of para-hydroxylation sites is 1. The van der Waals surface area contributed by atoms with Crippen molar-refractivity contribution in [1.29, 1.82) is 0 Å². The van der Waals surface area contributed by atoms with E-state index in [0.29, 0.717) is 22.5 Å². The van der Waals surface area contributed by atoms with Gasteiger partial charge >= 0.3 is 0 Å². The quantitative estimate of drug-likeness (QED) is 0.422. The van der Waals surface area contributed by atoms with Crippen molar-refractivity contribution in [3.05, 3.63) is 100 Å². The summed E-state index contributed by atoms with van der Waals surface area (Å²) in [5, 5.41) is 8.70. The summed E-state index contributed by atoms with van der Waals surface area (Å²) in [5.74, 6) is 2.80. The monoisotopic (exact) mass is 472 g/mol. The molecular formula is C26H21ClN4O3. The van der Waals surface area contributed by atoms with Crippen molar-refractivity contribution in [2.75, 3.05) is 19.5 Å². The van der Waals surface area contributed by atoms with Crippen LogP contribution in [0.4, 0.5) is 5.95 Å². The maximum atomic E-state index is 6.66. The number of hydrogen-bond acceptors (Lipinski definition) is 6. The van der Waals surface area contributed by atoms with Crippen molar-refractivity contribution in [3.63, 3.8) is 0 Å². The van der Waals surface area contributed by atoms with E-state index in [1.807, 2.05) is 71.4 Å². The number of benzene rings is 3. The predicted molar refractivity (Wildman–Crippen MR) is 130 cm³/mol. The number of nitrogens with zero attached hydrogens (tertiary/aromatic N) is 3. The van der Waals surface area contributed by atoms with Crippen molar-refractivity contribution in [1.82, 2.24) is 14.8 Å². The fraction of sp³-hybridized carbons (Fsp3) is 0.154. The van der Waals surface area contributed by atoms with Gasteiger partial charge in [-0.05, 0) is 42.0 Å². The smallest absolute Gasteiger partial charge is 0.226 e. The SMILES string of the molecule is COc1ccc([C@@H]2Oc3ccccc3C3=C2[C@H](c2cccc(Cl)c2)n2ncnc2N3)c(OC)c1. The van der Waals surface area contributed by atoms with Gasteiger partial charge in [-0.25, -0.2) is 4.68 Å². The van der Waals surface area contributed by atoms with Crippen LogP contribution in [0.2, 0.25) is 5.02 Å². The molecule has 8 heteroatoms. The van der Waals surface area contributed by atoms with Crippen LogP contribution in [0.3, 0.4) is 0 Å². The number of fused-ring (bicyclic) bond motifs is 3. The predicted octanol–water partition coefficient (Wildman–Crippen LogP) is 5.51. The molecule has 0 bridgehead atoms. The Morgan fingerprint density at radius 2 is 1.88 bits per heavy atom. The second kappa shape index (κ2) is 8.11. The van der Waals surface area contributed by atoms with E-state index in [1.54, 1.807) is 20.5 Å². The minimum absolute atomic E-state index is 0.294. The van der Waals surface area contributed by atoms with Crippen molar-refractivity contribution in [2.24, 2.45) is 0 Å². The van der Waals surface area contributed by atoms with Gasteiger partial charge in [-0.3, -0.25) is 0 Å². The van der Waals surface area contributed by atoms with E-state index in [1.165, 1.54) is 0 Å². The molecule has 2 aliphatic heterocycles. The number of halogens is 1. The van der Waals surface area contributed by atoms with Gasteiger partial charge in [-0.1, -0.05) is 35.9 Å². The first-order valence-corrected chi connectivity index (χ1v) is 11.2. The fourth-order valence-corrected chi connectivity index (χ4v) is 4.91. The van der Waals surface area contributed by atoms with Gasteiger partial charge in [0.15, 0.2) is 6.10 Å². The molecule has 0 saturated heterocycles. The topological polar surface area (TPSA) is 70.4 Å². The maximum Gasteiger partial charge on any atom is 0.226 e. The lowest BCUT2D eigenvalue weighted by Gasteiger charge is -2.39. The Morgan fingerprint density at radius 1 is 1.00 bits per heavy atom. The van der Waals surface area contributed by atoms with E-state index < -0.39 is 6.10 Å². The molecule has 1 aromatic heterocycles. The Kier molecular flexibility index (Phi) is 4.92. The van der Waals surface area contributed by atoms with Gasteiger partial charge in [-0.2, -0.15) is 10.1 Å². The van der Waals surface area contributed by atoms with E-state index in [4.69, 9.17) is 25.8 Å². The molecule has 3 aromatic carbocycles. The molecule has 0 radical (unpaired) electrons. The Labute approximate surface area is 201 Å². The molecule has 0 unspecified atom stereocenters. The first kappa shape index (κ1) is 20.6. The summed E-state index contributed by atoms with van der Waals surface area (Å²) in [6.07, 6.45) is 1.09. The zero-order valence-electron chi connectivity index (χ0n) is 18.5.